The minimum Gasteiger partial charge on any atom is -0.339 e. The SMILES string of the molecule is CN(C1=C(c2ccc(Cl)cc2Cl)C(=O)N(c2ccccc2F)C1=O)c1ccccc1. The van der Waals surface area contributed by atoms with Gasteiger partial charge in [-0.1, -0.05) is 59.6 Å². The molecule has 1 aliphatic heterocycles. The van der Waals surface area contributed by atoms with E-state index in [2.05, 4.69) is 0 Å². The molecule has 0 saturated carbocycles. The molecule has 3 aromatic carbocycles. The predicted molar refractivity (Wildman–Crippen MR) is 117 cm³/mol. The molecule has 0 spiro atoms. The van der Waals surface area contributed by atoms with Crippen LogP contribution in [0, 0.1) is 5.82 Å². The van der Waals surface area contributed by atoms with Crippen LogP contribution in [0.3, 0.4) is 0 Å². The van der Waals surface area contributed by atoms with Crippen molar-refractivity contribution in [3.63, 3.8) is 0 Å². The molecule has 0 fully saturated rings. The first kappa shape index (κ1) is 20.1. The summed E-state index contributed by atoms with van der Waals surface area (Å²) in [6.07, 6.45) is 0. The van der Waals surface area contributed by atoms with Gasteiger partial charge in [0, 0.05) is 23.3 Å². The van der Waals surface area contributed by atoms with Gasteiger partial charge in [-0.05, 0) is 36.4 Å². The van der Waals surface area contributed by atoms with E-state index in [4.69, 9.17) is 23.2 Å². The third-order valence-electron chi connectivity index (χ3n) is 4.83. The second-order valence-corrected chi connectivity index (χ2v) is 7.48. The van der Waals surface area contributed by atoms with Crippen LogP contribution in [0.15, 0.2) is 78.5 Å². The lowest BCUT2D eigenvalue weighted by molar-refractivity contribution is -0.120. The Morgan fingerprint density at radius 2 is 1.53 bits per heavy atom. The summed E-state index contributed by atoms with van der Waals surface area (Å²) in [5.41, 5.74) is 1.09. The third-order valence-corrected chi connectivity index (χ3v) is 5.38. The summed E-state index contributed by atoms with van der Waals surface area (Å²) < 4.78 is 14.5. The van der Waals surface area contributed by atoms with Crippen LogP contribution in [-0.4, -0.2) is 18.9 Å². The van der Waals surface area contributed by atoms with Gasteiger partial charge in [0.15, 0.2) is 0 Å². The number of hydrogen-bond donors (Lipinski definition) is 0. The number of para-hydroxylation sites is 2. The molecule has 4 rings (SSSR count). The molecular weight excluding hydrogens is 426 g/mol. The van der Waals surface area contributed by atoms with Crippen LogP contribution in [-0.2, 0) is 9.59 Å². The standard InChI is InChI=1S/C23H15Cl2FN2O2/c1-27(15-7-3-2-4-8-15)21-20(16-12-11-14(24)13-17(16)25)22(29)28(23(21)30)19-10-6-5-9-18(19)26/h2-13H,1H3. The number of hydrogen-bond acceptors (Lipinski definition) is 3. The van der Waals surface area contributed by atoms with E-state index in [9.17, 15) is 14.0 Å². The topological polar surface area (TPSA) is 40.6 Å². The second-order valence-electron chi connectivity index (χ2n) is 6.64. The number of halogens is 3. The average Bonchev–Trinajstić information content (AvgIpc) is 2.99. The van der Waals surface area contributed by atoms with Gasteiger partial charge in [0.1, 0.15) is 11.5 Å². The summed E-state index contributed by atoms with van der Waals surface area (Å²) in [5.74, 6) is -1.98. The largest absolute Gasteiger partial charge is 0.339 e. The van der Waals surface area contributed by atoms with Crippen LogP contribution >= 0.6 is 23.2 Å². The summed E-state index contributed by atoms with van der Waals surface area (Å²) in [5, 5.41) is 0.609. The first-order chi connectivity index (χ1) is 14.4. The molecule has 0 unspecified atom stereocenters. The number of nitrogens with zero attached hydrogens (tertiary/aromatic N) is 2. The number of imide groups is 1. The van der Waals surface area contributed by atoms with E-state index in [1.165, 1.54) is 24.3 Å². The summed E-state index contributed by atoms with van der Waals surface area (Å²) in [6, 6.07) is 19.4. The fourth-order valence-corrected chi connectivity index (χ4v) is 3.90. The van der Waals surface area contributed by atoms with Crippen molar-refractivity contribution in [2.45, 2.75) is 0 Å². The van der Waals surface area contributed by atoms with E-state index in [-0.39, 0.29) is 22.0 Å². The zero-order valence-electron chi connectivity index (χ0n) is 15.8. The molecule has 0 bridgehead atoms. The van der Waals surface area contributed by atoms with Gasteiger partial charge < -0.3 is 4.90 Å². The molecule has 0 atom stereocenters. The highest BCUT2D eigenvalue weighted by molar-refractivity contribution is 6.48. The maximum absolute atomic E-state index is 14.5. The Morgan fingerprint density at radius 3 is 2.20 bits per heavy atom. The van der Waals surface area contributed by atoms with Crippen molar-refractivity contribution in [2.24, 2.45) is 0 Å². The molecule has 0 aliphatic carbocycles. The van der Waals surface area contributed by atoms with Gasteiger partial charge in [-0.3, -0.25) is 9.59 Å². The normalized spacial score (nSPS) is 13.9. The van der Waals surface area contributed by atoms with Crippen LogP contribution in [0.4, 0.5) is 15.8 Å². The molecule has 30 heavy (non-hydrogen) atoms. The molecule has 1 aliphatic rings. The first-order valence-corrected chi connectivity index (χ1v) is 9.77. The molecule has 3 aromatic rings. The van der Waals surface area contributed by atoms with Gasteiger partial charge in [0.05, 0.1) is 16.3 Å². The summed E-state index contributed by atoms with van der Waals surface area (Å²) in [4.78, 5) is 29.3. The molecule has 0 aromatic heterocycles. The van der Waals surface area contributed by atoms with Crippen LogP contribution in [0.5, 0.6) is 0 Å². The van der Waals surface area contributed by atoms with Crippen molar-refractivity contribution in [1.29, 1.82) is 0 Å². The Morgan fingerprint density at radius 1 is 0.867 bits per heavy atom. The molecule has 7 heteroatoms. The number of anilines is 2. The highest BCUT2D eigenvalue weighted by atomic mass is 35.5. The number of carbonyl (C=O) groups excluding carboxylic acids is 2. The van der Waals surface area contributed by atoms with Crippen molar-refractivity contribution in [3.05, 3.63) is 99.9 Å². The number of likely N-dealkylation sites (N-methyl/N-ethyl adjacent to an activating group) is 1. The van der Waals surface area contributed by atoms with Crippen molar-refractivity contribution in [3.8, 4) is 0 Å². The molecule has 2 amide bonds. The minimum absolute atomic E-state index is 0.0799. The fourth-order valence-electron chi connectivity index (χ4n) is 3.40. The Kier molecular flexibility index (Phi) is 5.33. The average molecular weight is 441 g/mol. The van der Waals surface area contributed by atoms with Gasteiger partial charge in [-0.2, -0.15) is 0 Å². The number of rotatable bonds is 4. The van der Waals surface area contributed by atoms with E-state index < -0.39 is 17.6 Å². The van der Waals surface area contributed by atoms with Crippen molar-refractivity contribution in [2.75, 3.05) is 16.8 Å². The van der Waals surface area contributed by atoms with Crippen LogP contribution in [0.25, 0.3) is 5.57 Å². The number of benzene rings is 3. The number of amides is 2. The van der Waals surface area contributed by atoms with Crippen LogP contribution < -0.4 is 9.80 Å². The molecule has 0 radical (unpaired) electrons. The van der Waals surface area contributed by atoms with Gasteiger partial charge in [-0.15, -0.1) is 0 Å². The lowest BCUT2D eigenvalue weighted by atomic mass is 10.0. The Balaban J connectivity index is 1.94. The zero-order valence-corrected chi connectivity index (χ0v) is 17.3. The molecule has 0 saturated heterocycles. The Labute approximate surface area is 182 Å². The Hall–Kier alpha value is -3.15. The smallest absolute Gasteiger partial charge is 0.282 e. The van der Waals surface area contributed by atoms with Crippen molar-refractivity contribution >= 4 is 52.0 Å². The monoisotopic (exact) mass is 440 g/mol. The zero-order chi connectivity index (χ0) is 21.4. The highest BCUT2D eigenvalue weighted by Crippen LogP contribution is 2.39. The van der Waals surface area contributed by atoms with Crippen molar-refractivity contribution < 1.29 is 14.0 Å². The molecule has 150 valence electrons. The predicted octanol–water partition coefficient (Wildman–Crippen LogP) is 5.55. The highest BCUT2D eigenvalue weighted by Gasteiger charge is 2.43. The van der Waals surface area contributed by atoms with E-state index in [1.807, 2.05) is 18.2 Å². The number of carbonyl (C=O) groups is 2. The second kappa shape index (κ2) is 7.94. The minimum atomic E-state index is -0.677. The maximum atomic E-state index is 14.5. The van der Waals surface area contributed by atoms with E-state index >= 15 is 0 Å². The summed E-state index contributed by atoms with van der Waals surface area (Å²) in [7, 11) is 1.67. The fraction of sp³-hybridized carbons (Fsp3) is 0.0435. The van der Waals surface area contributed by atoms with Crippen LogP contribution in [0.1, 0.15) is 5.56 Å². The van der Waals surface area contributed by atoms with E-state index in [0.29, 0.717) is 16.3 Å². The van der Waals surface area contributed by atoms with Gasteiger partial charge >= 0.3 is 0 Å². The van der Waals surface area contributed by atoms with Crippen molar-refractivity contribution in [1.82, 2.24) is 0 Å². The van der Waals surface area contributed by atoms with Gasteiger partial charge in [-0.25, -0.2) is 9.29 Å². The molecule has 1 heterocycles. The summed E-state index contributed by atoms with van der Waals surface area (Å²) >= 11 is 12.4. The summed E-state index contributed by atoms with van der Waals surface area (Å²) in [6.45, 7) is 0. The van der Waals surface area contributed by atoms with E-state index in [0.717, 1.165) is 4.90 Å². The molecule has 0 N–H and O–H groups in total. The van der Waals surface area contributed by atoms with Gasteiger partial charge in [0.25, 0.3) is 11.8 Å². The third kappa shape index (κ3) is 3.36. The lowest BCUT2D eigenvalue weighted by Gasteiger charge is -2.21. The first-order valence-electron chi connectivity index (χ1n) is 9.02. The van der Waals surface area contributed by atoms with E-state index in [1.54, 1.807) is 42.3 Å². The van der Waals surface area contributed by atoms with Gasteiger partial charge in [0.2, 0.25) is 0 Å². The quantitative estimate of drug-likeness (QED) is 0.499. The maximum Gasteiger partial charge on any atom is 0.282 e. The molecule has 4 nitrogen and oxygen atoms in total. The molecular formula is C23H15Cl2FN2O2. The van der Waals surface area contributed by atoms with Crippen LogP contribution in [0.2, 0.25) is 10.0 Å². The Bertz CT molecular complexity index is 1190. The lowest BCUT2D eigenvalue weighted by Crippen LogP contribution is -2.34.